The van der Waals surface area contributed by atoms with Crippen molar-refractivity contribution in [1.29, 1.82) is 0 Å². The molecule has 9 heteroatoms. The lowest BCUT2D eigenvalue weighted by molar-refractivity contribution is -0.389. The molecule has 0 amide bonds. The summed E-state index contributed by atoms with van der Waals surface area (Å²) in [6.45, 7) is 1.02. The maximum absolute atomic E-state index is 10.6. The molecule has 0 radical (unpaired) electrons. The molecular formula is C5H7N3O5S. The smallest absolute Gasteiger partial charge is 0.340 e. The quantitative estimate of drug-likeness (QED) is 0.365. The first kappa shape index (κ1) is 10.8. The lowest BCUT2D eigenvalue weighted by atomic mass is 10.4. The molecule has 3 N–H and O–H groups in total. The molecule has 0 bridgehead atoms. The zero-order chi connectivity index (χ0) is 10.9. The minimum absolute atomic E-state index is 0.329. The second-order valence-electron chi connectivity index (χ2n) is 2.61. The van der Waals surface area contributed by atoms with Crippen LogP contribution in [0.4, 0.5) is 5.82 Å². The van der Waals surface area contributed by atoms with Gasteiger partial charge in [-0.25, -0.2) is 14.2 Å². The number of nitrogens with one attached hydrogen (secondary N) is 1. The number of aromatic nitrogens is 2. The van der Waals surface area contributed by atoms with Crippen molar-refractivity contribution < 1.29 is 18.8 Å². The van der Waals surface area contributed by atoms with E-state index in [1.165, 1.54) is 0 Å². The van der Waals surface area contributed by atoms with E-state index in [0.29, 0.717) is 0 Å². The number of aromatic amines is 1. The van der Waals surface area contributed by atoms with Crippen molar-refractivity contribution in [2.45, 2.75) is 11.9 Å². The fourth-order valence-electron chi connectivity index (χ4n) is 0.723. The van der Waals surface area contributed by atoms with Crippen LogP contribution in [-0.4, -0.2) is 28.8 Å². The maximum Gasteiger partial charge on any atom is 0.340 e. The van der Waals surface area contributed by atoms with Crippen LogP contribution in [0.3, 0.4) is 0 Å². The van der Waals surface area contributed by atoms with Gasteiger partial charge in [-0.3, -0.25) is 0 Å². The molecule has 1 aromatic heterocycles. The number of hydrogen-bond donors (Lipinski definition) is 3. The van der Waals surface area contributed by atoms with Crippen LogP contribution in [0.15, 0.2) is 6.20 Å². The molecular weight excluding hydrogens is 214 g/mol. The average Bonchev–Trinajstić information content (AvgIpc) is 2.51. The number of aliphatic hydroxyl groups is 1. The van der Waals surface area contributed by atoms with Crippen LogP contribution in [0.5, 0.6) is 0 Å². The van der Waals surface area contributed by atoms with Crippen molar-refractivity contribution in [3.05, 3.63) is 22.1 Å². The lowest BCUT2D eigenvalue weighted by Gasteiger charge is -2.12. The number of rotatable bonds is 3. The summed E-state index contributed by atoms with van der Waals surface area (Å²) in [5.41, 5.74) is 0. The largest absolute Gasteiger partial charge is 0.367 e. The van der Waals surface area contributed by atoms with Gasteiger partial charge in [-0.05, 0) is 11.8 Å². The van der Waals surface area contributed by atoms with E-state index >= 15 is 0 Å². The molecule has 2 unspecified atom stereocenters. The van der Waals surface area contributed by atoms with E-state index < -0.39 is 26.8 Å². The fraction of sp³-hybridized carbons (Fsp3) is 0.400. The molecule has 78 valence electrons. The Kier molecular flexibility index (Phi) is 2.64. The van der Waals surface area contributed by atoms with Gasteiger partial charge >= 0.3 is 5.82 Å². The van der Waals surface area contributed by atoms with Crippen molar-refractivity contribution in [3.63, 3.8) is 0 Å². The zero-order valence-electron chi connectivity index (χ0n) is 7.00. The Labute approximate surface area is 80.4 Å². The Balaban J connectivity index is 3.09. The summed E-state index contributed by atoms with van der Waals surface area (Å²) < 4.78 is 19.3. The van der Waals surface area contributed by atoms with Crippen molar-refractivity contribution in [2.75, 3.05) is 0 Å². The van der Waals surface area contributed by atoms with Gasteiger partial charge in [-0.2, -0.15) is 0 Å². The Morgan fingerprint density at radius 1 is 1.79 bits per heavy atom. The van der Waals surface area contributed by atoms with Crippen molar-refractivity contribution in [2.24, 2.45) is 0 Å². The van der Waals surface area contributed by atoms with E-state index in [4.69, 9.17) is 4.55 Å². The lowest BCUT2D eigenvalue weighted by Crippen LogP contribution is -2.28. The van der Waals surface area contributed by atoms with E-state index in [-0.39, 0.29) is 5.82 Å². The fourth-order valence-corrected chi connectivity index (χ4v) is 0.992. The van der Waals surface area contributed by atoms with Gasteiger partial charge in [0.2, 0.25) is 10.8 Å². The number of nitrogens with zero attached hydrogens (tertiary/aromatic N) is 2. The first-order valence-electron chi connectivity index (χ1n) is 3.39. The summed E-state index contributed by atoms with van der Waals surface area (Å²) in [5, 5.41) is 19.6. The monoisotopic (exact) mass is 221 g/mol. The van der Waals surface area contributed by atoms with Crippen LogP contribution in [0, 0.1) is 10.1 Å². The molecule has 1 heterocycles. The van der Waals surface area contributed by atoms with Gasteiger partial charge in [0.15, 0.2) is 11.1 Å². The van der Waals surface area contributed by atoms with Gasteiger partial charge < -0.3 is 19.8 Å². The third-order valence-electron chi connectivity index (χ3n) is 1.54. The summed E-state index contributed by atoms with van der Waals surface area (Å²) in [6, 6.07) is 0. The normalized spacial score (nSPS) is 17.4. The molecule has 0 aliphatic heterocycles. The molecule has 0 aliphatic rings. The van der Waals surface area contributed by atoms with Gasteiger partial charge in [0.1, 0.15) is 6.20 Å². The summed E-state index contributed by atoms with van der Waals surface area (Å²) in [4.78, 5) is 12.9. The molecule has 8 nitrogen and oxygen atoms in total. The van der Waals surface area contributed by atoms with Crippen LogP contribution in [0.1, 0.15) is 12.7 Å². The Morgan fingerprint density at radius 3 is 2.71 bits per heavy atom. The molecule has 0 saturated heterocycles. The van der Waals surface area contributed by atoms with E-state index in [2.05, 4.69) is 9.97 Å². The van der Waals surface area contributed by atoms with Gasteiger partial charge in [-0.15, -0.1) is 0 Å². The second-order valence-corrected chi connectivity index (χ2v) is 3.90. The molecule has 0 aromatic carbocycles. The number of H-pyrrole nitrogens is 1. The van der Waals surface area contributed by atoms with Gasteiger partial charge in [0, 0.05) is 0 Å². The highest BCUT2D eigenvalue weighted by Crippen LogP contribution is 2.22. The average molecular weight is 221 g/mol. The molecule has 0 spiro atoms. The SMILES string of the molecule is CC(O)(c1ncc([N+](=O)[O-])[nH]1)S(=O)O. The van der Waals surface area contributed by atoms with Crippen LogP contribution >= 0.6 is 0 Å². The zero-order valence-corrected chi connectivity index (χ0v) is 7.82. The third-order valence-corrected chi connectivity index (χ3v) is 2.41. The van der Waals surface area contributed by atoms with Crippen molar-refractivity contribution >= 4 is 16.9 Å². The Morgan fingerprint density at radius 2 is 2.36 bits per heavy atom. The second kappa shape index (κ2) is 3.44. The van der Waals surface area contributed by atoms with Crippen LogP contribution < -0.4 is 0 Å². The highest BCUT2D eigenvalue weighted by molar-refractivity contribution is 7.80. The molecule has 0 aliphatic carbocycles. The van der Waals surface area contributed by atoms with Crippen LogP contribution in [-0.2, 0) is 16.0 Å². The topological polar surface area (TPSA) is 129 Å². The first-order valence-corrected chi connectivity index (χ1v) is 4.49. The summed E-state index contributed by atoms with van der Waals surface area (Å²) in [6.07, 6.45) is 0.858. The van der Waals surface area contributed by atoms with Crippen LogP contribution in [0.25, 0.3) is 0 Å². The highest BCUT2D eigenvalue weighted by atomic mass is 32.2. The van der Waals surface area contributed by atoms with E-state index in [1.807, 2.05) is 0 Å². The molecule has 1 rings (SSSR count). The van der Waals surface area contributed by atoms with Gasteiger partial charge in [0.25, 0.3) is 0 Å². The van der Waals surface area contributed by atoms with Gasteiger partial charge in [-0.1, -0.05) is 0 Å². The van der Waals surface area contributed by atoms with Crippen molar-refractivity contribution in [3.8, 4) is 0 Å². The number of imidazole rings is 1. The molecule has 2 atom stereocenters. The Bertz CT molecular complexity index is 386. The number of nitro groups is 1. The Hall–Kier alpha value is -1.32. The molecule has 14 heavy (non-hydrogen) atoms. The minimum atomic E-state index is -2.59. The van der Waals surface area contributed by atoms with E-state index in [1.54, 1.807) is 0 Å². The molecule has 0 fully saturated rings. The van der Waals surface area contributed by atoms with Crippen molar-refractivity contribution in [1.82, 2.24) is 9.97 Å². The predicted molar refractivity (Wildman–Crippen MR) is 45.6 cm³/mol. The summed E-state index contributed by atoms with van der Waals surface area (Å²) in [7, 11) is 0. The van der Waals surface area contributed by atoms with Gasteiger partial charge in [0.05, 0.1) is 0 Å². The standard InChI is InChI=1S/C5H7N3O5S/c1-5(9,14(12)13)4-6-2-3(7-4)8(10)11/h2,9H,1H3,(H,6,7)(H,12,13). The minimum Gasteiger partial charge on any atom is -0.367 e. The first-order chi connectivity index (χ1) is 6.35. The summed E-state index contributed by atoms with van der Waals surface area (Å²) in [5.74, 6) is -0.782. The molecule has 1 aromatic rings. The third kappa shape index (κ3) is 1.78. The van der Waals surface area contributed by atoms with E-state index in [9.17, 15) is 19.4 Å². The maximum atomic E-state index is 10.6. The van der Waals surface area contributed by atoms with E-state index in [0.717, 1.165) is 13.1 Å². The van der Waals surface area contributed by atoms with Crippen LogP contribution in [0.2, 0.25) is 0 Å². The highest BCUT2D eigenvalue weighted by Gasteiger charge is 2.37. The molecule has 0 saturated carbocycles. The predicted octanol–water partition coefficient (Wildman–Crippen LogP) is -0.295. The summed E-state index contributed by atoms with van der Waals surface area (Å²) >= 11 is -2.59. The number of hydrogen-bond acceptors (Lipinski definition) is 5.